The van der Waals surface area contributed by atoms with E-state index < -0.39 is 0 Å². The summed E-state index contributed by atoms with van der Waals surface area (Å²) in [6, 6.07) is 10.2. The summed E-state index contributed by atoms with van der Waals surface area (Å²) in [4.78, 5) is 9.06. The van der Waals surface area contributed by atoms with Crippen molar-refractivity contribution >= 4 is 5.95 Å². The minimum absolute atomic E-state index is 0.487. The van der Waals surface area contributed by atoms with E-state index in [4.69, 9.17) is 4.74 Å². The molecular formula is C20H23N5O. The Morgan fingerprint density at radius 2 is 1.88 bits per heavy atom. The molecule has 4 rings (SSSR count). The van der Waals surface area contributed by atoms with Gasteiger partial charge in [-0.15, -0.1) is 0 Å². The van der Waals surface area contributed by atoms with Crippen LogP contribution in [0.4, 0.5) is 5.95 Å². The van der Waals surface area contributed by atoms with Crippen molar-refractivity contribution in [3.8, 4) is 22.7 Å². The van der Waals surface area contributed by atoms with Gasteiger partial charge < -0.3 is 10.1 Å². The maximum Gasteiger partial charge on any atom is 0.223 e. The van der Waals surface area contributed by atoms with Crippen LogP contribution >= 0.6 is 0 Å². The minimum Gasteiger partial charge on any atom is -0.497 e. The second-order valence-corrected chi connectivity index (χ2v) is 6.62. The van der Waals surface area contributed by atoms with Gasteiger partial charge >= 0.3 is 0 Å². The van der Waals surface area contributed by atoms with E-state index in [1.807, 2.05) is 47.4 Å². The maximum absolute atomic E-state index is 5.20. The highest BCUT2D eigenvalue weighted by atomic mass is 16.5. The van der Waals surface area contributed by atoms with Crippen molar-refractivity contribution in [3.63, 3.8) is 0 Å². The van der Waals surface area contributed by atoms with Crippen LogP contribution in [-0.4, -0.2) is 32.9 Å². The predicted molar refractivity (Wildman–Crippen MR) is 102 cm³/mol. The number of nitrogens with one attached hydrogen (secondary N) is 1. The predicted octanol–water partition coefficient (Wildman–Crippen LogP) is 4.08. The summed E-state index contributed by atoms with van der Waals surface area (Å²) in [6.07, 6.45) is 11.9. The highest BCUT2D eigenvalue weighted by Crippen LogP contribution is 2.23. The topological polar surface area (TPSA) is 64.9 Å². The second-order valence-electron chi connectivity index (χ2n) is 6.62. The molecule has 3 aromatic rings. The lowest BCUT2D eigenvalue weighted by atomic mass is 9.96. The van der Waals surface area contributed by atoms with E-state index in [2.05, 4.69) is 20.4 Å². The van der Waals surface area contributed by atoms with Gasteiger partial charge in [-0.2, -0.15) is 5.10 Å². The summed E-state index contributed by atoms with van der Waals surface area (Å²) in [5, 5.41) is 7.94. The zero-order valence-electron chi connectivity index (χ0n) is 14.9. The first-order chi connectivity index (χ1) is 12.8. The molecule has 1 aromatic carbocycles. The Morgan fingerprint density at radius 3 is 2.65 bits per heavy atom. The van der Waals surface area contributed by atoms with Gasteiger partial charge in [0.05, 0.1) is 24.7 Å². The SMILES string of the molecule is COc1ccc(-n2cc(-c3ccnc(NC4CCCCC4)n3)cn2)cc1. The number of methoxy groups -OCH3 is 1. The molecule has 1 saturated carbocycles. The molecule has 6 nitrogen and oxygen atoms in total. The number of ether oxygens (including phenoxy) is 1. The Labute approximate surface area is 153 Å². The smallest absolute Gasteiger partial charge is 0.223 e. The Balaban J connectivity index is 1.52. The first-order valence-electron chi connectivity index (χ1n) is 9.11. The first-order valence-corrected chi connectivity index (χ1v) is 9.11. The Morgan fingerprint density at radius 1 is 1.08 bits per heavy atom. The van der Waals surface area contributed by atoms with Crippen LogP contribution in [-0.2, 0) is 0 Å². The van der Waals surface area contributed by atoms with Crippen molar-refractivity contribution < 1.29 is 4.74 Å². The molecule has 0 bridgehead atoms. The van der Waals surface area contributed by atoms with E-state index in [0.717, 1.165) is 22.7 Å². The fourth-order valence-electron chi connectivity index (χ4n) is 3.35. The number of hydrogen-bond acceptors (Lipinski definition) is 5. The highest BCUT2D eigenvalue weighted by Gasteiger charge is 2.14. The third-order valence-corrected chi connectivity index (χ3v) is 4.81. The number of hydrogen-bond donors (Lipinski definition) is 1. The van der Waals surface area contributed by atoms with Gasteiger partial charge in [0.1, 0.15) is 5.75 Å². The van der Waals surface area contributed by atoms with Gasteiger partial charge in [-0.1, -0.05) is 19.3 Å². The van der Waals surface area contributed by atoms with E-state index in [9.17, 15) is 0 Å². The molecule has 0 atom stereocenters. The molecule has 0 amide bonds. The first kappa shape index (κ1) is 16.6. The molecule has 1 N–H and O–H groups in total. The maximum atomic E-state index is 5.20. The van der Waals surface area contributed by atoms with E-state index >= 15 is 0 Å². The van der Waals surface area contributed by atoms with Gasteiger partial charge in [-0.25, -0.2) is 14.6 Å². The van der Waals surface area contributed by atoms with Gasteiger partial charge in [0, 0.05) is 24.0 Å². The normalized spacial score (nSPS) is 15.0. The lowest BCUT2D eigenvalue weighted by Crippen LogP contribution is -2.23. The van der Waals surface area contributed by atoms with E-state index in [1.165, 1.54) is 32.1 Å². The molecule has 2 aromatic heterocycles. The molecule has 26 heavy (non-hydrogen) atoms. The summed E-state index contributed by atoms with van der Waals surface area (Å²) in [5.74, 6) is 1.53. The van der Waals surface area contributed by atoms with E-state index in [0.29, 0.717) is 12.0 Å². The fourth-order valence-corrected chi connectivity index (χ4v) is 3.35. The molecule has 0 radical (unpaired) electrons. The van der Waals surface area contributed by atoms with Crippen LogP contribution in [0.15, 0.2) is 48.9 Å². The molecule has 0 saturated heterocycles. The standard InChI is InChI=1S/C20H23N5O/c1-26-18-9-7-17(8-10-18)25-14-15(13-22-25)19-11-12-21-20(24-19)23-16-5-3-2-4-6-16/h7-14,16H,2-6H2,1H3,(H,21,23,24). The Bertz CT molecular complexity index is 853. The average molecular weight is 349 g/mol. The summed E-state index contributed by atoms with van der Waals surface area (Å²) < 4.78 is 7.04. The van der Waals surface area contributed by atoms with Gasteiger partial charge in [-0.3, -0.25) is 0 Å². The number of anilines is 1. The molecule has 1 aliphatic carbocycles. The lowest BCUT2D eigenvalue weighted by Gasteiger charge is -2.22. The number of rotatable bonds is 5. The van der Waals surface area contributed by atoms with Crippen molar-refractivity contribution in [1.82, 2.24) is 19.7 Å². The third kappa shape index (κ3) is 3.69. The van der Waals surface area contributed by atoms with Crippen molar-refractivity contribution in [2.24, 2.45) is 0 Å². The molecule has 1 aliphatic rings. The number of nitrogens with zero attached hydrogens (tertiary/aromatic N) is 4. The number of aromatic nitrogens is 4. The summed E-state index contributed by atoms with van der Waals surface area (Å²) in [7, 11) is 1.66. The van der Waals surface area contributed by atoms with Crippen LogP contribution in [0.2, 0.25) is 0 Å². The summed E-state index contributed by atoms with van der Waals surface area (Å²) in [6.45, 7) is 0. The van der Waals surface area contributed by atoms with Crippen LogP contribution in [0, 0.1) is 0 Å². The molecular weight excluding hydrogens is 326 g/mol. The van der Waals surface area contributed by atoms with Crippen molar-refractivity contribution in [3.05, 3.63) is 48.9 Å². The molecule has 2 heterocycles. The molecule has 0 aliphatic heterocycles. The van der Waals surface area contributed by atoms with Crippen molar-refractivity contribution in [2.45, 2.75) is 38.1 Å². The van der Waals surface area contributed by atoms with Crippen LogP contribution < -0.4 is 10.1 Å². The third-order valence-electron chi connectivity index (χ3n) is 4.81. The fraction of sp³-hybridized carbons (Fsp3) is 0.350. The van der Waals surface area contributed by atoms with Gasteiger partial charge in [0.25, 0.3) is 0 Å². The van der Waals surface area contributed by atoms with Gasteiger partial charge in [0.15, 0.2) is 0 Å². The van der Waals surface area contributed by atoms with Gasteiger partial charge in [0.2, 0.25) is 5.95 Å². The summed E-state index contributed by atoms with van der Waals surface area (Å²) >= 11 is 0. The van der Waals surface area contributed by atoms with Crippen molar-refractivity contribution in [2.75, 3.05) is 12.4 Å². The monoisotopic (exact) mass is 349 g/mol. The van der Waals surface area contributed by atoms with Crippen LogP contribution in [0.3, 0.4) is 0 Å². The Kier molecular flexibility index (Phi) is 4.82. The quantitative estimate of drug-likeness (QED) is 0.752. The molecule has 1 fully saturated rings. The molecule has 0 unspecified atom stereocenters. The highest BCUT2D eigenvalue weighted by molar-refractivity contribution is 5.59. The number of benzene rings is 1. The van der Waals surface area contributed by atoms with Crippen molar-refractivity contribution in [1.29, 1.82) is 0 Å². The van der Waals surface area contributed by atoms with Crippen LogP contribution in [0.25, 0.3) is 16.9 Å². The zero-order valence-corrected chi connectivity index (χ0v) is 14.9. The molecule has 134 valence electrons. The Hall–Kier alpha value is -2.89. The second kappa shape index (κ2) is 7.56. The van der Waals surface area contributed by atoms with Crippen LogP contribution in [0.5, 0.6) is 5.75 Å². The van der Waals surface area contributed by atoms with Crippen LogP contribution in [0.1, 0.15) is 32.1 Å². The zero-order chi connectivity index (χ0) is 17.8. The van der Waals surface area contributed by atoms with E-state index in [-0.39, 0.29) is 0 Å². The van der Waals surface area contributed by atoms with E-state index in [1.54, 1.807) is 13.3 Å². The molecule has 6 heteroatoms. The summed E-state index contributed by atoms with van der Waals surface area (Å²) in [5.41, 5.74) is 2.82. The average Bonchev–Trinajstić information content (AvgIpc) is 3.19. The van der Waals surface area contributed by atoms with Gasteiger partial charge in [-0.05, 0) is 43.2 Å². The molecule has 0 spiro atoms. The lowest BCUT2D eigenvalue weighted by molar-refractivity contribution is 0.414. The largest absolute Gasteiger partial charge is 0.497 e. The minimum atomic E-state index is 0.487.